The van der Waals surface area contributed by atoms with E-state index in [-0.39, 0.29) is 5.41 Å². The van der Waals surface area contributed by atoms with Crippen LogP contribution in [0.5, 0.6) is 0 Å². The minimum Gasteiger partial charge on any atom is -0.399 e. The summed E-state index contributed by atoms with van der Waals surface area (Å²) in [7, 11) is 1.57. The van der Waals surface area contributed by atoms with Crippen LogP contribution in [0, 0.1) is 5.41 Å². The van der Waals surface area contributed by atoms with Crippen molar-refractivity contribution in [2.45, 2.75) is 33.6 Å². The van der Waals surface area contributed by atoms with E-state index >= 15 is 0 Å². The van der Waals surface area contributed by atoms with Gasteiger partial charge in [0.15, 0.2) is 0 Å². The predicted octanol–water partition coefficient (Wildman–Crippen LogP) is 3.45. The van der Waals surface area contributed by atoms with Gasteiger partial charge in [-0.15, -0.1) is 0 Å². The van der Waals surface area contributed by atoms with Gasteiger partial charge in [0, 0.05) is 11.6 Å². The second-order valence-corrected chi connectivity index (χ2v) is 4.75. The van der Waals surface area contributed by atoms with Crippen molar-refractivity contribution in [3.05, 3.63) is 35.4 Å². The molecule has 1 rings (SSSR count). The van der Waals surface area contributed by atoms with Gasteiger partial charge in [0.25, 0.3) is 0 Å². The van der Waals surface area contributed by atoms with Crippen LogP contribution in [0.15, 0.2) is 29.4 Å². The fourth-order valence-corrected chi connectivity index (χ4v) is 1.66. The summed E-state index contributed by atoms with van der Waals surface area (Å²) in [5, 5.41) is 3.85. The molecule has 0 radical (unpaired) electrons. The molecular formula is C14H21NO. The SMILES string of the molecule is CCc1ccc(CC(C)(C)/C=N/OC)cc1. The quantitative estimate of drug-likeness (QED) is 0.549. The largest absolute Gasteiger partial charge is 0.399 e. The van der Waals surface area contributed by atoms with Crippen molar-refractivity contribution in [1.29, 1.82) is 0 Å². The standard InChI is InChI=1S/C14H21NO/c1-5-12-6-8-13(9-7-12)10-14(2,3)11-15-16-4/h6-9,11H,5,10H2,1-4H3/b15-11+. The van der Waals surface area contributed by atoms with Crippen LogP contribution in [0.2, 0.25) is 0 Å². The Kier molecular flexibility index (Phi) is 4.53. The van der Waals surface area contributed by atoms with Crippen molar-refractivity contribution >= 4 is 6.21 Å². The van der Waals surface area contributed by atoms with E-state index in [1.165, 1.54) is 11.1 Å². The number of rotatable bonds is 5. The summed E-state index contributed by atoms with van der Waals surface area (Å²) in [6.07, 6.45) is 3.93. The van der Waals surface area contributed by atoms with Crippen molar-refractivity contribution in [3.8, 4) is 0 Å². The Labute approximate surface area is 98.3 Å². The van der Waals surface area contributed by atoms with Gasteiger partial charge in [-0.3, -0.25) is 0 Å². The molecule has 1 aromatic carbocycles. The molecule has 0 saturated carbocycles. The molecule has 2 nitrogen and oxygen atoms in total. The molecule has 1 aromatic rings. The zero-order chi connectivity index (χ0) is 12.0. The van der Waals surface area contributed by atoms with Gasteiger partial charge in [0.1, 0.15) is 7.11 Å². The van der Waals surface area contributed by atoms with Crippen molar-refractivity contribution in [1.82, 2.24) is 0 Å². The first-order valence-electron chi connectivity index (χ1n) is 5.73. The maximum atomic E-state index is 4.72. The maximum Gasteiger partial charge on any atom is 0.106 e. The lowest BCUT2D eigenvalue weighted by Crippen LogP contribution is -2.16. The lowest BCUT2D eigenvalue weighted by atomic mass is 9.87. The van der Waals surface area contributed by atoms with E-state index in [1.807, 2.05) is 6.21 Å². The third kappa shape index (κ3) is 4.05. The molecule has 0 aliphatic heterocycles. The molecule has 0 spiro atoms. The molecule has 2 heteroatoms. The molecule has 0 aliphatic carbocycles. The van der Waals surface area contributed by atoms with Crippen LogP contribution in [0.1, 0.15) is 31.9 Å². The van der Waals surface area contributed by atoms with Gasteiger partial charge in [-0.25, -0.2) is 0 Å². The monoisotopic (exact) mass is 219 g/mol. The third-order valence-corrected chi connectivity index (χ3v) is 2.60. The van der Waals surface area contributed by atoms with Crippen molar-refractivity contribution in [3.63, 3.8) is 0 Å². The smallest absolute Gasteiger partial charge is 0.106 e. The van der Waals surface area contributed by atoms with E-state index in [2.05, 4.69) is 50.2 Å². The van der Waals surface area contributed by atoms with Gasteiger partial charge in [0.2, 0.25) is 0 Å². The number of hydrogen-bond acceptors (Lipinski definition) is 2. The topological polar surface area (TPSA) is 21.6 Å². The second-order valence-electron chi connectivity index (χ2n) is 4.75. The summed E-state index contributed by atoms with van der Waals surface area (Å²) in [4.78, 5) is 4.72. The molecule has 0 N–H and O–H groups in total. The van der Waals surface area contributed by atoms with Crippen LogP contribution < -0.4 is 0 Å². The van der Waals surface area contributed by atoms with E-state index in [9.17, 15) is 0 Å². The van der Waals surface area contributed by atoms with Crippen molar-refractivity contribution in [2.24, 2.45) is 10.6 Å². The Balaban J connectivity index is 2.68. The van der Waals surface area contributed by atoms with E-state index < -0.39 is 0 Å². The van der Waals surface area contributed by atoms with Gasteiger partial charge >= 0.3 is 0 Å². The molecule has 0 fully saturated rings. The Morgan fingerprint density at radius 3 is 2.25 bits per heavy atom. The van der Waals surface area contributed by atoms with Crippen LogP contribution in [0.4, 0.5) is 0 Å². The highest BCUT2D eigenvalue weighted by Crippen LogP contribution is 2.20. The van der Waals surface area contributed by atoms with Crippen LogP contribution in [-0.2, 0) is 17.7 Å². The van der Waals surface area contributed by atoms with Gasteiger partial charge < -0.3 is 4.84 Å². The first kappa shape index (κ1) is 12.8. The zero-order valence-corrected chi connectivity index (χ0v) is 10.7. The van der Waals surface area contributed by atoms with Crippen LogP contribution in [-0.4, -0.2) is 13.3 Å². The number of benzene rings is 1. The number of hydrogen-bond donors (Lipinski definition) is 0. The Morgan fingerprint density at radius 1 is 1.19 bits per heavy atom. The van der Waals surface area contributed by atoms with Crippen molar-refractivity contribution < 1.29 is 4.84 Å². The summed E-state index contributed by atoms with van der Waals surface area (Å²) < 4.78 is 0. The lowest BCUT2D eigenvalue weighted by molar-refractivity contribution is 0.211. The summed E-state index contributed by atoms with van der Waals surface area (Å²) in [6.45, 7) is 6.48. The normalized spacial score (nSPS) is 12.0. The maximum absolute atomic E-state index is 4.72. The molecule has 0 heterocycles. The summed E-state index contributed by atoms with van der Waals surface area (Å²) in [6, 6.07) is 8.78. The first-order valence-corrected chi connectivity index (χ1v) is 5.73. The first-order chi connectivity index (χ1) is 7.57. The van der Waals surface area contributed by atoms with E-state index in [0.717, 1.165) is 12.8 Å². The number of aryl methyl sites for hydroxylation is 1. The summed E-state index contributed by atoms with van der Waals surface area (Å²) in [5.41, 5.74) is 2.75. The molecule has 0 amide bonds. The number of nitrogens with zero attached hydrogens (tertiary/aromatic N) is 1. The predicted molar refractivity (Wildman–Crippen MR) is 68.8 cm³/mol. The molecule has 88 valence electrons. The average molecular weight is 219 g/mol. The average Bonchev–Trinajstić information content (AvgIpc) is 2.27. The number of oxime groups is 1. The molecule has 16 heavy (non-hydrogen) atoms. The summed E-state index contributed by atoms with van der Waals surface area (Å²) >= 11 is 0. The van der Waals surface area contributed by atoms with E-state index in [0.29, 0.717) is 0 Å². The fraction of sp³-hybridized carbons (Fsp3) is 0.500. The summed E-state index contributed by atoms with van der Waals surface area (Å²) in [5.74, 6) is 0. The highest BCUT2D eigenvalue weighted by atomic mass is 16.6. The van der Waals surface area contributed by atoms with Crippen LogP contribution in [0.25, 0.3) is 0 Å². The Hall–Kier alpha value is -1.31. The molecule has 0 unspecified atom stereocenters. The minimum absolute atomic E-state index is 0.0315. The van der Waals surface area contributed by atoms with Crippen molar-refractivity contribution in [2.75, 3.05) is 7.11 Å². The second kappa shape index (κ2) is 5.69. The molecule has 0 atom stereocenters. The lowest BCUT2D eigenvalue weighted by Gasteiger charge is -2.18. The van der Waals surface area contributed by atoms with Crippen LogP contribution >= 0.6 is 0 Å². The van der Waals surface area contributed by atoms with Gasteiger partial charge in [-0.2, -0.15) is 0 Å². The Bertz CT molecular complexity index is 338. The highest BCUT2D eigenvalue weighted by Gasteiger charge is 2.16. The molecule has 0 bridgehead atoms. The van der Waals surface area contributed by atoms with E-state index in [1.54, 1.807) is 7.11 Å². The fourth-order valence-electron chi connectivity index (χ4n) is 1.66. The van der Waals surface area contributed by atoms with Gasteiger partial charge in [0.05, 0.1) is 0 Å². The molecule has 0 aromatic heterocycles. The minimum atomic E-state index is 0.0315. The van der Waals surface area contributed by atoms with E-state index in [4.69, 9.17) is 4.84 Å². The zero-order valence-electron chi connectivity index (χ0n) is 10.7. The molecular weight excluding hydrogens is 198 g/mol. The van der Waals surface area contributed by atoms with Gasteiger partial charge in [-0.05, 0) is 24.0 Å². The van der Waals surface area contributed by atoms with Crippen LogP contribution in [0.3, 0.4) is 0 Å². The molecule has 0 aliphatic rings. The molecule has 0 saturated heterocycles. The van der Waals surface area contributed by atoms with Gasteiger partial charge in [-0.1, -0.05) is 50.2 Å². The highest BCUT2D eigenvalue weighted by molar-refractivity contribution is 5.64. The third-order valence-electron chi connectivity index (χ3n) is 2.60. The Morgan fingerprint density at radius 2 is 1.75 bits per heavy atom.